The first-order valence-corrected chi connectivity index (χ1v) is 15.2. The van der Waals surface area contributed by atoms with Crippen LogP contribution in [0, 0.1) is 44.3 Å². The van der Waals surface area contributed by atoms with Crippen molar-refractivity contribution in [2.24, 2.45) is 0 Å². The van der Waals surface area contributed by atoms with E-state index in [1.807, 2.05) is 0 Å². The number of hydrogen-bond donors (Lipinski definition) is 0. The molecule has 4 aromatic rings. The fourth-order valence-electron chi connectivity index (χ4n) is 3.38. The molecule has 3 nitrogen and oxygen atoms in total. The second-order valence-corrected chi connectivity index (χ2v) is 13.0. The van der Waals surface area contributed by atoms with Gasteiger partial charge in [-0.15, -0.1) is 0 Å². The summed E-state index contributed by atoms with van der Waals surface area (Å²) in [7, 11) is 0. The number of nitrogens with zero attached hydrogens (tertiary/aromatic N) is 3. The molecule has 0 spiro atoms. The maximum atomic E-state index is 15.2. The van der Waals surface area contributed by atoms with Gasteiger partial charge in [-0.05, 0) is 108 Å². The standard InChI is InChI=1S/C23H7Br2Cl4F4I2N3/c1-4-11(24)8(13(28)17(32)19(4)34)21-36-22(9-12(25)5(2)20(35)18(33)14(9)29)38-23(37-21)10-15(30)6(26)3-7(27)16(10)31/h3H,1-2H3. The molecular weight excluding hydrogens is 950 g/mol. The van der Waals surface area contributed by atoms with Gasteiger partial charge in [0.05, 0.1) is 43.9 Å². The van der Waals surface area contributed by atoms with E-state index in [-0.39, 0.29) is 40.0 Å². The fraction of sp³-hybridized carbons (Fsp3) is 0.0870. The molecule has 0 N–H and O–H groups in total. The van der Waals surface area contributed by atoms with Crippen molar-refractivity contribution in [2.45, 2.75) is 13.8 Å². The summed E-state index contributed by atoms with van der Waals surface area (Å²) in [5.41, 5.74) is 0.0816. The van der Waals surface area contributed by atoms with Crippen LogP contribution in [0.4, 0.5) is 17.6 Å². The van der Waals surface area contributed by atoms with Gasteiger partial charge in [-0.3, -0.25) is 0 Å². The topological polar surface area (TPSA) is 38.7 Å². The first-order chi connectivity index (χ1) is 17.7. The van der Waals surface area contributed by atoms with Gasteiger partial charge in [-0.2, -0.15) is 0 Å². The molecule has 3 aromatic carbocycles. The molecule has 198 valence electrons. The van der Waals surface area contributed by atoms with E-state index < -0.39 is 44.7 Å². The van der Waals surface area contributed by atoms with Crippen LogP contribution in [-0.2, 0) is 0 Å². The SMILES string of the molecule is Cc1c(Br)c(-c2nc(-c3c(F)c(Cl)cc(Cl)c3F)nc(-c3c(Cl)c(F)c(I)c(C)c3Br)n2)c(Cl)c(F)c1I. The van der Waals surface area contributed by atoms with Crippen molar-refractivity contribution in [1.29, 1.82) is 0 Å². The van der Waals surface area contributed by atoms with Gasteiger partial charge in [0.15, 0.2) is 40.7 Å². The number of rotatable bonds is 3. The highest BCUT2D eigenvalue weighted by Gasteiger charge is 2.29. The predicted molar refractivity (Wildman–Crippen MR) is 166 cm³/mol. The molecule has 0 saturated heterocycles. The monoisotopic (exact) mass is 953 g/mol. The van der Waals surface area contributed by atoms with Crippen molar-refractivity contribution < 1.29 is 17.6 Å². The van der Waals surface area contributed by atoms with Gasteiger partial charge in [0.25, 0.3) is 0 Å². The maximum absolute atomic E-state index is 15.2. The zero-order chi connectivity index (χ0) is 28.4. The van der Waals surface area contributed by atoms with Crippen molar-refractivity contribution in [3.8, 4) is 34.2 Å². The van der Waals surface area contributed by atoms with Crippen LogP contribution in [-0.4, -0.2) is 15.0 Å². The van der Waals surface area contributed by atoms with Gasteiger partial charge >= 0.3 is 0 Å². The number of hydrogen-bond acceptors (Lipinski definition) is 3. The minimum Gasteiger partial charge on any atom is -0.208 e. The van der Waals surface area contributed by atoms with E-state index in [0.29, 0.717) is 20.1 Å². The second kappa shape index (κ2) is 11.7. The molecule has 0 aliphatic carbocycles. The third-order valence-electron chi connectivity index (χ3n) is 5.38. The van der Waals surface area contributed by atoms with E-state index in [0.717, 1.165) is 6.07 Å². The number of halogens is 12. The molecule has 1 aromatic heterocycles. The smallest absolute Gasteiger partial charge is 0.170 e. The summed E-state index contributed by atoms with van der Waals surface area (Å²) in [6.07, 6.45) is 0. The quantitative estimate of drug-likeness (QED) is 0.0889. The third kappa shape index (κ3) is 5.20. The lowest BCUT2D eigenvalue weighted by molar-refractivity contribution is 0.588. The van der Waals surface area contributed by atoms with Gasteiger partial charge in [0.1, 0.15) is 0 Å². The van der Waals surface area contributed by atoms with Crippen LogP contribution in [0.15, 0.2) is 15.0 Å². The maximum Gasteiger partial charge on any atom is 0.170 e. The lowest BCUT2D eigenvalue weighted by Gasteiger charge is -2.16. The van der Waals surface area contributed by atoms with Crippen LogP contribution < -0.4 is 0 Å². The van der Waals surface area contributed by atoms with Crippen LogP contribution >= 0.6 is 123 Å². The van der Waals surface area contributed by atoms with Crippen LogP contribution in [0.3, 0.4) is 0 Å². The Bertz CT molecular complexity index is 1520. The molecular formula is C23H7Br2Cl4F4I2N3. The largest absolute Gasteiger partial charge is 0.208 e. The minimum atomic E-state index is -1.21. The highest BCUT2D eigenvalue weighted by molar-refractivity contribution is 14.1. The van der Waals surface area contributed by atoms with Crippen LogP contribution in [0.5, 0.6) is 0 Å². The minimum absolute atomic E-state index is 0.0316. The zero-order valence-corrected chi connectivity index (χ0v) is 29.0. The summed E-state index contributed by atoms with van der Waals surface area (Å²) in [4.78, 5) is 12.8. The molecule has 0 atom stereocenters. The normalized spacial score (nSPS) is 11.4. The van der Waals surface area contributed by atoms with Crippen LogP contribution in [0.25, 0.3) is 34.2 Å². The van der Waals surface area contributed by atoms with Crippen LogP contribution in [0.2, 0.25) is 20.1 Å². The summed E-state index contributed by atoms with van der Waals surface area (Å²) in [5.74, 6) is -5.06. The fourth-order valence-corrected chi connectivity index (χ4v) is 7.90. The summed E-state index contributed by atoms with van der Waals surface area (Å²) in [6, 6.07) is 0.886. The Morgan fingerprint density at radius 3 is 1.26 bits per heavy atom. The number of aromatic nitrogens is 3. The Kier molecular flexibility index (Phi) is 9.51. The average Bonchev–Trinajstić information content (AvgIpc) is 2.87. The van der Waals surface area contributed by atoms with E-state index in [1.54, 1.807) is 59.0 Å². The Morgan fingerprint density at radius 1 is 0.605 bits per heavy atom. The Morgan fingerprint density at radius 2 is 0.921 bits per heavy atom. The zero-order valence-electron chi connectivity index (χ0n) is 18.5. The van der Waals surface area contributed by atoms with Crippen molar-refractivity contribution >= 4 is 123 Å². The van der Waals surface area contributed by atoms with Crippen LogP contribution in [0.1, 0.15) is 11.1 Å². The predicted octanol–water partition coefficient (Wildman–Crippen LogP) is 11.4. The second-order valence-electron chi connectivity index (χ2n) is 7.66. The van der Waals surface area contributed by atoms with E-state index in [1.165, 1.54) is 0 Å². The van der Waals surface area contributed by atoms with E-state index in [4.69, 9.17) is 46.4 Å². The number of benzene rings is 3. The molecule has 0 fully saturated rings. The molecule has 38 heavy (non-hydrogen) atoms. The van der Waals surface area contributed by atoms with Crippen molar-refractivity contribution in [3.05, 3.63) is 76.6 Å². The molecule has 0 amide bonds. The lowest BCUT2D eigenvalue weighted by Crippen LogP contribution is -2.07. The first kappa shape index (κ1) is 30.9. The van der Waals surface area contributed by atoms with Gasteiger partial charge in [0, 0.05) is 8.95 Å². The summed E-state index contributed by atoms with van der Waals surface area (Å²) in [6.45, 7) is 3.25. The third-order valence-corrected chi connectivity index (χ3v) is 11.2. The molecule has 0 bridgehead atoms. The lowest BCUT2D eigenvalue weighted by atomic mass is 10.1. The van der Waals surface area contributed by atoms with E-state index in [9.17, 15) is 0 Å². The van der Waals surface area contributed by atoms with Gasteiger partial charge in [-0.1, -0.05) is 46.4 Å². The molecule has 0 aliphatic heterocycles. The Balaban J connectivity index is 2.21. The highest BCUT2D eigenvalue weighted by Crippen LogP contribution is 2.44. The van der Waals surface area contributed by atoms with Gasteiger partial charge in [-0.25, -0.2) is 32.5 Å². The summed E-state index contributed by atoms with van der Waals surface area (Å²) >= 11 is 34.9. The average molecular weight is 957 g/mol. The van der Waals surface area contributed by atoms with Gasteiger partial charge in [0.2, 0.25) is 0 Å². The van der Waals surface area contributed by atoms with Crippen molar-refractivity contribution in [2.75, 3.05) is 0 Å². The molecule has 0 saturated carbocycles. The van der Waals surface area contributed by atoms with Crippen molar-refractivity contribution in [1.82, 2.24) is 15.0 Å². The Labute approximate surface area is 277 Å². The highest BCUT2D eigenvalue weighted by atomic mass is 127. The summed E-state index contributed by atoms with van der Waals surface area (Å²) in [5, 5.41) is -1.73. The van der Waals surface area contributed by atoms with Crippen molar-refractivity contribution in [3.63, 3.8) is 0 Å². The molecule has 4 rings (SSSR count). The Hall–Kier alpha value is -0.0300. The molecule has 0 radical (unpaired) electrons. The van der Waals surface area contributed by atoms with E-state index in [2.05, 4.69) is 46.8 Å². The molecule has 1 heterocycles. The molecule has 0 aliphatic rings. The first-order valence-electron chi connectivity index (χ1n) is 9.94. The summed E-state index contributed by atoms with van der Waals surface area (Å²) < 4.78 is 61.4. The molecule has 0 unspecified atom stereocenters. The van der Waals surface area contributed by atoms with E-state index >= 15 is 17.6 Å². The molecule has 15 heteroatoms. The van der Waals surface area contributed by atoms with Gasteiger partial charge < -0.3 is 0 Å².